The van der Waals surface area contributed by atoms with Crippen LogP contribution in [0.1, 0.15) is 43.6 Å². The zero-order chi connectivity index (χ0) is 25.8. The molecule has 1 N–H and O–H groups in total. The molecule has 1 saturated heterocycles. The Hall–Kier alpha value is -3.17. The van der Waals surface area contributed by atoms with Crippen molar-refractivity contribution in [2.24, 2.45) is 13.0 Å². The van der Waals surface area contributed by atoms with E-state index in [1.807, 2.05) is 25.2 Å². The van der Waals surface area contributed by atoms with Gasteiger partial charge in [-0.15, -0.1) is 0 Å². The molecule has 0 amide bonds. The van der Waals surface area contributed by atoms with Crippen LogP contribution in [0.25, 0.3) is 11.0 Å². The molecule has 2 fully saturated rings. The van der Waals surface area contributed by atoms with Crippen LogP contribution in [-0.4, -0.2) is 67.6 Å². The van der Waals surface area contributed by atoms with Gasteiger partial charge in [0.1, 0.15) is 11.0 Å². The molecule has 3 aromatic rings. The summed E-state index contributed by atoms with van der Waals surface area (Å²) in [6.45, 7) is 3.08. The third kappa shape index (κ3) is 6.22. The molecule has 1 saturated carbocycles. The first-order valence-corrected chi connectivity index (χ1v) is 13.2. The second-order valence-corrected chi connectivity index (χ2v) is 10.2. The lowest BCUT2D eigenvalue weighted by Crippen LogP contribution is -2.41. The lowest BCUT2D eigenvalue weighted by Gasteiger charge is -2.38. The average Bonchev–Trinajstić information content (AvgIpc) is 3.66. The number of rotatable bonds is 11. The number of aryl methyl sites for hydroxylation is 1. The van der Waals surface area contributed by atoms with E-state index in [2.05, 4.69) is 38.6 Å². The number of hydrogen-bond donors (Lipinski definition) is 1. The highest BCUT2D eigenvalue weighted by Crippen LogP contribution is 2.39. The Morgan fingerprint density at radius 1 is 1.11 bits per heavy atom. The average molecular weight is 508 g/mol. The minimum absolute atomic E-state index is 0.102. The standard InChI is InChI=1S/C28H37N5O4/c1-32-30-24-8-7-22(16-25(24)31-32)29-26-14-20(21(18-35-2)15-28(34)36-3)6-9-27(26)33(17-19-4-5-19)23-10-12-37-13-11-23/h6-9,14,16,19,21,23,29H,4-5,10-13,15,17-18H2,1-3H3. The highest BCUT2D eigenvalue weighted by atomic mass is 16.5. The fraction of sp³-hybridized carbons (Fsp3) is 0.536. The Kier molecular flexibility index (Phi) is 7.90. The zero-order valence-corrected chi connectivity index (χ0v) is 22.0. The molecule has 2 heterocycles. The minimum Gasteiger partial charge on any atom is -0.469 e. The van der Waals surface area contributed by atoms with Gasteiger partial charge in [-0.25, -0.2) is 0 Å². The molecule has 1 aliphatic heterocycles. The van der Waals surface area contributed by atoms with E-state index in [1.165, 1.54) is 25.6 Å². The van der Waals surface area contributed by atoms with E-state index in [0.29, 0.717) is 12.6 Å². The first kappa shape index (κ1) is 25.5. The smallest absolute Gasteiger partial charge is 0.306 e. The van der Waals surface area contributed by atoms with Gasteiger partial charge >= 0.3 is 5.97 Å². The van der Waals surface area contributed by atoms with E-state index >= 15 is 0 Å². The molecule has 9 heteroatoms. The fourth-order valence-corrected chi connectivity index (χ4v) is 5.19. The maximum absolute atomic E-state index is 12.2. The predicted octanol–water partition coefficient (Wildman–Crippen LogP) is 4.40. The summed E-state index contributed by atoms with van der Waals surface area (Å²) in [7, 11) is 4.92. The van der Waals surface area contributed by atoms with E-state index in [9.17, 15) is 4.79 Å². The van der Waals surface area contributed by atoms with E-state index in [-0.39, 0.29) is 18.3 Å². The van der Waals surface area contributed by atoms with Gasteiger partial charge in [-0.1, -0.05) is 6.07 Å². The summed E-state index contributed by atoms with van der Waals surface area (Å²) in [5.41, 5.74) is 5.87. The number of carbonyl (C=O) groups is 1. The molecule has 1 atom stereocenters. The van der Waals surface area contributed by atoms with E-state index < -0.39 is 0 Å². The Morgan fingerprint density at radius 3 is 2.62 bits per heavy atom. The monoisotopic (exact) mass is 507 g/mol. The largest absolute Gasteiger partial charge is 0.469 e. The van der Waals surface area contributed by atoms with Crippen molar-refractivity contribution >= 4 is 34.1 Å². The summed E-state index contributed by atoms with van der Waals surface area (Å²) in [5.74, 6) is 0.396. The van der Waals surface area contributed by atoms with Gasteiger partial charge in [-0.2, -0.15) is 15.0 Å². The number of nitrogens with zero attached hydrogens (tertiary/aromatic N) is 4. The number of carbonyl (C=O) groups excluding carboxylic acids is 1. The van der Waals surface area contributed by atoms with Gasteiger partial charge in [0.15, 0.2) is 0 Å². The van der Waals surface area contributed by atoms with Gasteiger partial charge < -0.3 is 24.4 Å². The molecule has 1 aliphatic carbocycles. The van der Waals surface area contributed by atoms with E-state index in [1.54, 1.807) is 11.9 Å². The maximum Gasteiger partial charge on any atom is 0.306 e. The number of hydrogen-bond acceptors (Lipinski definition) is 8. The summed E-state index contributed by atoms with van der Waals surface area (Å²) in [5, 5.41) is 12.6. The van der Waals surface area contributed by atoms with Crippen molar-refractivity contribution in [2.45, 2.75) is 44.1 Å². The van der Waals surface area contributed by atoms with Crippen molar-refractivity contribution in [3.05, 3.63) is 42.0 Å². The third-order valence-corrected chi connectivity index (χ3v) is 7.35. The molecule has 5 rings (SSSR count). The summed E-state index contributed by atoms with van der Waals surface area (Å²) in [6, 6.07) is 13.0. The maximum atomic E-state index is 12.2. The molecule has 37 heavy (non-hydrogen) atoms. The van der Waals surface area contributed by atoms with Crippen molar-refractivity contribution < 1.29 is 19.0 Å². The molecule has 198 valence electrons. The van der Waals surface area contributed by atoms with Crippen LogP contribution in [0.5, 0.6) is 0 Å². The van der Waals surface area contributed by atoms with Gasteiger partial charge in [0, 0.05) is 51.6 Å². The van der Waals surface area contributed by atoms with E-state index in [0.717, 1.165) is 66.5 Å². The summed E-state index contributed by atoms with van der Waals surface area (Å²) in [4.78, 5) is 16.3. The Bertz CT molecular complexity index is 1220. The second kappa shape index (κ2) is 11.5. The Labute approximate surface area is 218 Å². The number of aromatic nitrogens is 3. The number of benzene rings is 2. The SMILES string of the molecule is COCC(CC(=O)OC)c1ccc(N(CC2CC2)C2CCOCC2)c(Nc2ccc3nn(C)nc3c2)c1. The Balaban J connectivity index is 1.53. The molecule has 2 aliphatic rings. The molecular weight excluding hydrogens is 470 g/mol. The zero-order valence-electron chi connectivity index (χ0n) is 22.0. The van der Waals surface area contributed by atoms with Crippen molar-refractivity contribution in [2.75, 3.05) is 50.8 Å². The quantitative estimate of drug-likeness (QED) is 0.382. The molecule has 1 aromatic heterocycles. The lowest BCUT2D eigenvalue weighted by molar-refractivity contribution is -0.141. The normalized spacial score (nSPS) is 17.1. The van der Waals surface area contributed by atoms with Crippen LogP contribution in [0.4, 0.5) is 17.1 Å². The summed E-state index contributed by atoms with van der Waals surface area (Å²) < 4.78 is 16.1. The first-order chi connectivity index (χ1) is 18.0. The number of nitrogens with one attached hydrogen (secondary N) is 1. The highest BCUT2D eigenvalue weighted by Gasteiger charge is 2.31. The topological polar surface area (TPSA) is 90.7 Å². The minimum atomic E-state index is -0.244. The lowest BCUT2D eigenvalue weighted by atomic mass is 9.94. The van der Waals surface area contributed by atoms with Crippen LogP contribution < -0.4 is 10.2 Å². The van der Waals surface area contributed by atoms with Crippen molar-refractivity contribution in [3.8, 4) is 0 Å². The van der Waals surface area contributed by atoms with Crippen LogP contribution in [0.2, 0.25) is 0 Å². The number of fused-ring (bicyclic) bond motifs is 1. The number of ether oxygens (including phenoxy) is 3. The number of esters is 1. The van der Waals surface area contributed by atoms with Crippen LogP contribution in [0.15, 0.2) is 36.4 Å². The van der Waals surface area contributed by atoms with Gasteiger partial charge in [0.05, 0.1) is 31.5 Å². The van der Waals surface area contributed by atoms with Gasteiger partial charge in [-0.3, -0.25) is 4.79 Å². The second-order valence-electron chi connectivity index (χ2n) is 10.2. The Morgan fingerprint density at radius 2 is 1.89 bits per heavy atom. The molecule has 2 aromatic carbocycles. The van der Waals surface area contributed by atoms with E-state index in [4.69, 9.17) is 14.2 Å². The molecular formula is C28H37N5O4. The number of anilines is 3. The summed E-state index contributed by atoms with van der Waals surface area (Å²) >= 11 is 0. The molecule has 0 spiro atoms. The predicted molar refractivity (Wildman–Crippen MR) is 143 cm³/mol. The van der Waals surface area contributed by atoms with Crippen molar-refractivity contribution in [3.63, 3.8) is 0 Å². The molecule has 9 nitrogen and oxygen atoms in total. The highest BCUT2D eigenvalue weighted by molar-refractivity contribution is 5.83. The van der Waals surface area contributed by atoms with Crippen LogP contribution in [0.3, 0.4) is 0 Å². The van der Waals surface area contributed by atoms with Gasteiger partial charge in [-0.05, 0) is 67.5 Å². The van der Waals surface area contributed by atoms with Crippen LogP contribution in [0, 0.1) is 5.92 Å². The van der Waals surface area contributed by atoms with Crippen LogP contribution >= 0.6 is 0 Å². The fourth-order valence-electron chi connectivity index (χ4n) is 5.19. The van der Waals surface area contributed by atoms with Crippen molar-refractivity contribution in [1.29, 1.82) is 0 Å². The molecule has 1 unspecified atom stereocenters. The van der Waals surface area contributed by atoms with Crippen molar-refractivity contribution in [1.82, 2.24) is 15.0 Å². The number of methoxy groups -OCH3 is 2. The first-order valence-electron chi connectivity index (χ1n) is 13.2. The third-order valence-electron chi connectivity index (χ3n) is 7.35. The van der Waals surface area contributed by atoms with Gasteiger partial charge in [0.2, 0.25) is 0 Å². The molecule has 0 radical (unpaired) electrons. The summed E-state index contributed by atoms with van der Waals surface area (Å²) in [6.07, 6.45) is 4.89. The molecule has 0 bridgehead atoms. The van der Waals surface area contributed by atoms with Gasteiger partial charge in [0.25, 0.3) is 0 Å². The van der Waals surface area contributed by atoms with Crippen LogP contribution in [-0.2, 0) is 26.1 Å².